The molecule has 2 aliphatic rings. The van der Waals surface area contributed by atoms with Crippen LogP contribution in [-0.2, 0) is 27.3 Å². The monoisotopic (exact) mass is 425 g/mol. The Kier molecular flexibility index (Phi) is 5.55. The average molecular weight is 426 g/mol. The van der Waals surface area contributed by atoms with E-state index >= 15 is 0 Å². The Labute approximate surface area is 178 Å². The van der Waals surface area contributed by atoms with Crippen molar-refractivity contribution >= 4 is 40.9 Å². The molecule has 30 heavy (non-hydrogen) atoms. The van der Waals surface area contributed by atoms with Gasteiger partial charge in [0, 0.05) is 35.7 Å². The number of carbonyl (C=O) groups excluding carboxylic acids is 4. The summed E-state index contributed by atoms with van der Waals surface area (Å²) >= 11 is 5.85. The topological polar surface area (TPSA) is 95.6 Å². The van der Waals surface area contributed by atoms with E-state index < -0.39 is 11.9 Å². The van der Waals surface area contributed by atoms with Crippen molar-refractivity contribution in [1.29, 1.82) is 0 Å². The van der Waals surface area contributed by atoms with E-state index in [0.29, 0.717) is 35.7 Å². The molecule has 0 saturated carbocycles. The number of hydrogen-bond donors (Lipinski definition) is 2. The number of nitrogens with zero attached hydrogens (tertiary/aromatic N) is 1. The van der Waals surface area contributed by atoms with Gasteiger partial charge in [0.25, 0.3) is 5.91 Å². The summed E-state index contributed by atoms with van der Waals surface area (Å²) in [5, 5.41) is 5.72. The van der Waals surface area contributed by atoms with Crippen LogP contribution in [0.15, 0.2) is 42.5 Å². The smallest absolute Gasteiger partial charge is 0.255 e. The molecule has 1 unspecified atom stereocenters. The van der Waals surface area contributed by atoms with Crippen LogP contribution in [0, 0.1) is 0 Å². The second-order valence-electron chi connectivity index (χ2n) is 7.40. The van der Waals surface area contributed by atoms with Gasteiger partial charge >= 0.3 is 0 Å². The van der Waals surface area contributed by atoms with E-state index in [2.05, 4.69) is 10.6 Å². The van der Waals surface area contributed by atoms with E-state index in [-0.39, 0.29) is 30.6 Å². The van der Waals surface area contributed by atoms with Crippen molar-refractivity contribution < 1.29 is 19.2 Å². The van der Waals surface area contributed by atoms with E-state index in [1.54, 1.807) is 36.4 Å². The molecule has 4 rings (SSSR count). The van der Waals surface area contributed by atoms with Crippen LogP contribution < -0.4 is 10.6 Å². The maximum atomic E-state index is 12.9. The third-order valence-electron chi connectivity index (χ3n) is 5.43. The number of rotatable bonds is 5. The highest BCUT2D eigenvalue weighted by atomic mass is 35.5. The number of carbonyl (C=O) groups is 4. The molecule has 0 bridgehead atoms. The molecule has 8 heteroatoms. The minimum Gasteiger partial charge on any atom is -0.326 e. The zero-order chi connectivity index (χ0) is 21.3. The van der Waals surface area contributed by atoms with Crippen LogP contribution >= 0.6 is 11.6 Å². The summed E-state index contributed by atoms with van der Waals surface area (Å²) in [7, 11) is 0. The molecule has 4 amide bonds. The van der Waals surface area contributed by atoms with Crippen molar-refractivity contribution in [1.82, 2.24) is 10.2 Å². The minimum absolute atomic E-state index is 0.138. The third kappa shape index (κ3) is 4.07. The number of anilines is 1. The van der Waals surface area contributed by atoms with E-state index in [9.17, 15) is 19.2 Å². The fourth-order valence-electron chi connectivity index (χ4n) is 3.89. The number of imide groups is 1. The molecule has 0 aromatic heterocycles. The summed E-state index contributed by atoms with van der Waals surface area (Å²) in [6.45, 7) is 0.301. The molecule has 2 aliphatic heterocycles. The Morgan fingerprint density at radius 2 is 1.90 bits per heavy atom. The van der Waals surface area contributed by atoms with Crippen molar-refractivity contribution in [2.45, 2.75) is 38.3 Å². The Bertz CT molecular complexity index is 1040. The minimum atomic E-state index is -0.649. The fourth-order valence-corrected chi connectivity index (χ4v) is 4.01. The molecule has 7 nitrogen and oxygen atoms in total. The Morgan fingerprint density at radius 3 is 2.63 bits per heavy atom. The summed E-state index contributed by atoms with van der Waals surface area (Å²) in [5.74, 6) is -1.10. The average Bonchev–Trinajstić information content (AvgIpc) is 3.05. The van der Waals surface area contributed by atoms with E-state index in [0.717, 1.165) is 11.1 Å². The van der Waals surface area contributed by atoms with Gasteiger partial charge in [-0.25, -0.2) is 0 Å². The van der Waals surface area contributed by atoms with E-state index in [1.807, 2.05) is 6.07 Å². The van der Waals surface area contributed by atoms with Gasteiger partial charge < -0.3 is 10.2 Å². The maximum Gasteiger partial charge on any atom is 0.255 e. The number of aryl methyl sites for hydroxylation is 1. The molecule has 1 fully saturated rings. The molecule has 2 aromatic rings. The number of hydrogen-bond acceptors (Lipinski definition) is 4. The van der Waals surface area contributed by atoms with Crippen LogP contribution in [0.3, 0.4) is 0 Å². The van der Waals surface area contributed by atoms with Gasteiger partial charge in [-0.1, -0.05) is 23.7 Å². The Hall–Kier alpha value is -3.19. The van der Waals surface area contributed by atoms with Gasteiger partial charge in [-0.2, -0.15) is 0 Å². The second kappa shape index (κ2) is 8.28. The predicted molar refractivity (Wildman–Crippen MR) is 111 cm³/mol. The zero-order valence-electron chi connectivity index (χ0n) is 16.1. The van der Waals surface area contributed by atoms with Gasteiger partial charge in [-0.15, -0.1) is 0 Å². The number of amides is 4. The number of nitrogens with one attached hydrogen (secondary N) is 2. The number of benzene rings is 2. The molecular weight excluding hydrogens is 406 g/mol. The maximum absolute atomic E-state index is 12.9. The summed E-state index contributed by atoms with van der Waals surface area (Å²) in [4.78, 5) is 50.3. The third-order valence-corrected chi connectivity index (χ3v) is 5.68. The van der Waals surface area contributed by atoms with Gasteiger partial charge in [0.2, 0.25) is 17.7 Å². The first-order chi connectivity index (χ1) is 14.4. The van der Waals surface area contributed by atoms with Crippen molar-refractivity contribution in [3.63, 3.8) is 0 Å². The quantitative estimate of drug-likeness (QED) is 0.720. The second-order valence-corrected chi connectivity index (χ2v) is 7.83. The summed E-state index contributed by atoms with van der Waals surface area (Å²) in [6.07, 6.45) is 1.27. The number of halogens is 1. The van der Waals surface area contributed by atoms with E-state index in [1.165, 1.54) is 4.90 Å². The van der Waals surface area contributed by atoms with Gasteiger partial charge in [-0.3, -0.25) is 24.5 Å². The van der Waals surface area contributed by atoms with Gasteiger partial charge in [0.05, 0.1) is 0 Å². The van der Waals surface area contributed by atoms with Gasteiger partial charge in [-0.05, 0) is 54.3 Å². The van der Waals surface area contributed by atoms with E-state index in [4.69, 9.17) is 11.6 Å². The van der Waals surface area contributed by atoms with Gasteiger partial charge in [0.1, 0.15) is 6.04 Å². The standard InChI is InChI=1S/C22H20ClN3O4/c23-14-5-7-15(8-6-14)24-19(27)10-4-13-2-1-3-16-17(13)12-26(22(16)30)18-9-11-20(28)25-21(18)29/h1-3,5-8,18H,4,9-12H2,(H,24,27)(H,25,28,29). The van der Waals surface area contributed by atoms with Crippen LogP contribution in [0.5, 0.6) is 0 Å². The van der Waals surface area contributed by atoms with Crippen molar-refractivity contribution in [2.24, 2.45) is 0 Å². The summed E-state index contributed by atoms with van der Waals surface area (Å²) in [5.41, 5.74) is 2.96. The molecule has 2 N–H and O–H groups in total. The molecule has 0 aliphatic carbocycles. The van der Waals surface area contributed by atoms with Crippen molar-refractivity contribution in [3.8, 4) is 0 Å². The first kappa shape index (κ1) is 20.1. The molecule has 0 radical (unpaired) electrons. The molecule has 1 atom stereocenters. The van der Waals surface area contributed by atoms with Crippen molar-refractivity contribution in [3.05, 3.63) is 64.2 Å². The van der Waals surface area contributed by atoms with Crippen LogP contribution in [0.25, 0.3) is 0 Å². The SMILES string of the molecule is O=C1CCC(N2Cc3c(CCC(=O)Nc4ccc(Cl)cc4)cccc3C2=O)C(=O)N1. The normalized spacial score (nSPS) is 18.2. The molecular formula is C22H20ClN3O4. The highest BCUT2D eigenvalue weighted by Crippen LogP contribution is 2.30. The van der Waals surface area contributed by atoms with Crippen molar-refractivity contribution in [2.75, 3.05) is 5.32 Å². The van der Waals surface area contributed by atoms with Crippen LogP contribution in [0.2, 0.25) is 5.02 Å². The van der Waals surface area contributed by atoms with Crippen LogP contribution in [0.4, 0.5) is 5.69 Å². The molecule has 154 valence electrons. The largest absolute Gasteiger partial charge is 0.326 e. The lowest BCUT2D eigenvalue weighted by Gasteiger charge is -2.29. The molecule has 2 aromatic carbocycles. The Balaban J connectivity index is 1.43. The number of fused-ring (bicyclic) bond motifs is 1. The van der Waals surface area contributed by atoms with Crippen LogP contribution in [-0.4, -0.2) is 34.6 Å². The van der Waals surface area contributed by atoms with Crippen LogP contribution in [0.1, 0.15) is 40.7 Å². The van der Waals surface area contributed by atoms with Gasteiger partial charge in [0.15, 0.2) is 0 Å². The highest BCUT2D eigenvalue weighted by Gasteiger charge is 2.39. The Morgan fingerprint density at radius 1 is 1.13 bits per heavy atom. The molecule has 1 saturated heterocycles. The number of piperidine rings is 1. The lowest BCUT2D eigenvalue weighted by atomic mass is 9.99. The lowest BCUT2D eigenvalue weighted by Crippen LogP contribution is -2.52. The lowest BCUT2D eigenvalue weighted by molar-refractivity contribution is -0.137. The zero-order valence-corrected chi connectivity index (χ0v) is 16.9. The molecule has 2 heterocycles. The highest BCUT2D eigenvalue weighted by molar-refractivity contribution is 6.30. The predicted octanol–water partition coefficient (Wildman–Crippen LogP) is 2.67. The molecule has 0 spiro atoms. The first-order valence-electron chi connectivity index (χ1n) is 9.73. The fraction of sp³-hybridized carbons (Fsp3) is 0.273. The first-order valence-corrected chi connectivity index (χ1v) is 10.1. The summed E-state index contributed by atoms with van der Waals surface area (Å²) < 4.78 is 0. The summed E-state index contributed by atoms with van der Waals surface area (Å²) in [6, 6.07) is 11.7.